The van der Waals surface area contributed by atoms with Crippen LogP contribution in [0.1, 0.15) is 375 Å². The van der Waals surface area contributed by atoms with Gasteiger partial charge in [-0.3, -0.25) is 37.3 Å². The first-order valence-corrected chi connectivity index (χ1v) is 41.1. The van der Waals surface area contributed by atoms with Crippen molar-refractivity contribution in [3.05, 3.63) is 0 Å². The summed E-state index contributed by atoms with van der Waals surface area (Å²) in [6.07, 6.45) is 51.5. The third kappa shape index (κ3) is 64.1. The maximum atomic E-state index is 13.0. The first kappa shape index (κ1) is 90.1. The molecule has 3 N–H and O–H groups in total. The molecule has 0 rings (SSSR count). The number of carbonyl (C=O) groups excluding carboxylic acids is 4. The lowest BCUT2D eigenvalue weighted by Gasteiger charge is -2.21. The molecular formula is C73H142O17P2. The van der Waals surface area contributed by atoms with Crippen LogP contribution in [-0.2, 0) is 65.4 Å². The van der Waals surface area contributed by atoms with E-state index >= 15 is 0 Å². The number of esters is 4. The van der Waals surface area contributed by atoms with Crippen LogP contribution in [-0.4, -0.2) is 96.7 Å². The number of phosphoric acid groups is 2. The normalized spacial score (nSPS) is 14.7. The Morgan fingerprint density at radius 2 is 0.522 bits per heavy atom. The molecule has 0 aliphatic carbocycles. The Balaban J connectivity index is 5.16. The van der Waals surface area contributed by atoms with E-state index in [2.05, 4.69) is 41.5 Å². The molecular weight excluding hydrogens is 1210 g/mol. The Hall–Kier alpha value is -1.94. The number of aliphatic hydroxyl groups is 1. The molecule has 0 radical (unpaired) electrons. The molecule has 0 aromatic heterocycles. The highest BCUT2D eigenvalue weighted by Crippen LogP contribution is 2.45. The van der Waals surface area contributed by atoms with E-state index < -0.39 is 97.5 Å². The topological polar surface area (TPSA) is 237 Å². The molecule has 0 aromatic carbocycles. The number of aliphatic hydroxyl groups excluding tert-OH is 1. The molecule has 0 bridgehead atoms. The number of hydrogen-bond donors (Lipinski definition) is 3. The lowest BCUT2D eigenvalue weighted by atomic mass is 9.99. The van der Waals surface area contributed by atoms with Crippen molar-refractivity contribution >= 4 is 39.5 Å². The van der Waals surface area contributed by atoms with Crippen molar-refractivity contribution in [2.24, 2.45) is 11.8 Å². The van der Waals surface area contributed by atoms with Crippen LogP contribution in [0.2, 0.25) is 0 Å². The molecule has 19 heteroatoms. The van der Waals surface area contributed by atoms with Crippen LogP contribution < -0.4 is 0 Å². The summed E-state index contributed by atoms with van der Waals surface area (Å²) in [5, 5.41) is 10.6. The second-order valence-corrected chi connectivity index (χ2v) is 29.7. The van der Waals surface area contributed by atoms with Crippen LogP contribution >= 0.6 is 15.6 Å². The van der Waals surface area contributed by atoms with Gasteiger partial charge in [-0.05, 0) is 37.5 Å². The molecule has 0 aliphatic heterocycles. The van der Waals surface area contributed by atoms with E-state index in [4.69, 9.17) is 37.0 Å². The predicted octanol–water partition coefficient (Wildman–Crippen LogP) is 21.2. The highest BCUT2D eigenvalue weighted by molar-refractivity contribution is 7.47. The lowest BCUT2D eigenvalue weighted by molar-refractivity contribution is -0.161. The maximum Gasteiger partial charge on any atom is 0.472 e. The summed E-state index contributed by atoms with van der Waals surface area (Å²) in [6, 6.07) is 0. The lowest BCUT2D eigenvalue weighted by Crippen LogP contribution is -2.30. The fourth-order valence-electron chi connectivity index (χ4n) is 11.1. The summed E-state index contributed by atoms with van der Waals surface area (Å²) in [7, 11) is -9.90. The van der Waals surface area contributed by atoms with E-state index in [0.717, 1.165) is 108 Å². The third-order valence-corrected chi connectivity index (χ3v) is 19.6. The summed E-state index contributed by atoms with van der Waals surface area (Å²) < 4.78 is 68.2. The second-order valence-electron chi connectivity index (χ2n) is 26.8. The summed E-state index contributed by atoms with van der Waals surface area (Å²) in [5.74, 6) is -0.480. The zero-order valence-corrected chi connectivity index (χ0v) is 61.6. The van der Waals surface area contributed by atoms with Gasteiger partial charge in [-0.1, -0.05) is 324 Å². The Morgan fingerprint density at radius 1 is 0.304 bits per heavy atom. The zero-order valence-electron chi connectivity index (χ0n) is 59.9. The van der Waals surface area contributed by atoms with E-state index in [0.29, 0.717) is 25.7 Å². The average Bonchev–Trinajstić information content (AvgIpc) is 3.66. The van der Waals surface area contributed by atoms with Gasteiger partial charge in [0.1, 0.15) is 19.3 Å². The van der Waals surface area contributed by atoms with Crippen LogP contribution in [0.5, 0.6) is 0 Å². The molecule has 0 amide bonds. The minimum atomic E-state index is -4.95. The van der Waals surface area contributed by atoms with Gasteiger partial charge < -0.3 is 33.8 Å². The Labute approximate surface area is 562 Å². The molecule has 0 spiro atoms. The van der Waals surface area contributed by atoms with Crippen LogP contribution in [0.25, 0.3) is 0 Å². The standard InChI is InChI=1S/C73H142O17P2/c1-7-11-13-15-16-17-18-19-20-24-27-33-38-44-50-56-71(76)84-62-69(90-73(78)57-51-45-39-34-28-25-22-21-23-26-31-36-42-47-53-65(5)9-3)64-88-92(81,82)86-60-67(74)59-85-91(79,80)87-63-68(61-83-70(75)55-49-41-14-12-8-2)89-72(77)58-52-46-40-35-30-29-32-37-43-48-54-66(6)10-4/h65-69,74H,7-64H2,1-6H3,(H,79,80)(H,81,82)/t65?,66?,67-,68+,69+/m0/s1. The van der Waals surface area contributed by atoms with Crippen LogP contribution in [0.4, 0.5) is 0 Å². The van der Waals surface area contributed by atoms with Gasteiger partial charge in [0.2, 0.25) is 0 Å². The van der Waals surface area contributed by atoms with Crippen LogP contribution in [0, 0.1) is 11.8 Å². The van der Waals surface area contributed by atoms with Crippen LogP contribution in [0.15, 0.2) is 0 Å². The number of rotatable bonds is 72. The van der Waals surface area contributed by atoms with Crippen LogP contribution in [0.3, 0.4) is 0 Å². The second kappa shape index (κ2) is 65.0. The monoisotopic (exact) mass is 1350 g/mol. The van der Waals surface area contributed by atoms with Gasteiger partial charge in [0.05, 0.1) is 26.4 Å². The van der Waals surface area contributed by atoms with E-state index in [1.165, 1.54) is 186 Å². The summed E-state index contributed by atoms with van der Waals surface area (Å²) in [5.41, 5.74) is 0. The molecule has 92 heavy (non-hydrogen) atoms. The number of hydrogen-bond acceptors (Lipinski definition) is 15. The number of phosphoric ester groups is 2. The minimum Gasteiger partial charge on any atom is -0.462 e. The first-order valence-electron chi connectivity index (χ1n) is 38.1. The van der Waals surface area contributed by atoms with E-state index in [1.807, 2.05) is 0 Å². The van der Waals surface area contributed by atoms with Crippen molar-refractivity contribution in [1.29, 1.82) is 0 Å². The molecule has 546 valence electrons. The van der Waals surface area contributed by atoms with Crippen molar-refractivity contribution in [2.45, 2.75) is 394 Å². The van der Waals surface area contributed by atoms with Crippen molar-refractivity contribution in [3.8, 4) is 0 Å². The number of ether oxygens (including phenoxy) is 4. The number of carbonyl (C=O) groups is 4. The molecule has 0 aliphatic rings. The molecule has 0 fully saturated rings. The van der Waals surface area contributed by atoms with E-state index in [-0.39, 0.29) is 25.7 Å². The Kier molecular flexibility index (Phi) is 63.7. The Bertz CT molecular complexity index is 1790. The summed E-state index contributed by atoms with van der Waals surface area (Å²) in [4.78, 5) is 72.4. The molecule has 17 nitrogen and oxygen atoms in total. The van der Waals surface area contributed by atoms with Gasteiger partial charge in [0.25, 0.3) is 0 Å². The fourth-order valence-corrected chi connectivity index (χ4v) is 12.6. The zero-order chi connectivity index (χ0) is 67.9. The minimum absolute atomic E-state index is 0.105. The van der Waals surface area contributed by atoms with Gasteiger partial charge in [-0.25, -0.2) is 9.13 Å². The van der Waals surface area contributed by atoms with Gasteiger partial charge in [-0.15, -0.1) is 0 Å². The summed E-state index contributed by atoms with van der Waals surface area (Å²) >= 11 is 0. The molecule has 4 unspecified atom stereocenters. The molecule has 0 aromatic rings. The predicted molar refractivity (Wildman–Crippen MR) is 372 cm³/mol. The van der Waals surface area contributed by atoms with Gasteiger partial charge in [-0.2, -0.15) is 0 Å². The molecule has 0 heterocycles. The molecule has 7 atom stereocenters. The highest BCUT2D eigenvalue weighted by atomic mass is 31.2. The van der Waals surface area contributed by atoms with E-state index in [1.54, 1.807) is 0 Å². The van der Waals surface area contributed by atoms with Crippen molar-refractivity contribution < 1.29 is 80.2 Å². The van der Waals surface area contributed by atoms with Crippen molar-refractivity contribution in [3.63, 3.8) is 0 Å². The van der Waals surface area contributed by atoms with E-state index in [9.17, 15) is 43.2 Å². The van der Waals surface area contributed by atoms with Gasteiger partial charge in [0, 0.05) is 25.7 Å². The maximum absolute atomic E-state index is 13.0. The largest absolute Gasteiger partial charge is 0.472 e. The summed E-state index contributed by atoms with van der Waals surface area (Å²) in [6.45, 7) is 9.57. The fraction of sp³-hybridized carbons (Fsp3) is 0.945. The smallest absolute Gasteiger partial charge is 0.462 e. The molecule has 0 saturated carbocycles. The van der Waals surface area contributed by atoms with Gasteiger partial charge in [0.15, 0.2) is 12.2 Å². The highest BCUT2D eigenvalue weighted by Gasteiger charge is 2.30. The Morgan fingerprint density at radius 3 is 0.772 bits per heavy atom. The SMILES string of the molecule is CCCCCCCCCCCCCCCCCC(=O)OC[C@H](COP(=O)(O)OC[C@@H](O)COP(=O)(O)OC[C@@H](COC(=O)CCCCCCC)OC(=O)CCCCCCCCCCCCC(C)CC)OC(=O)CCCCCCCCCCCCCCCCC(C)CC. The van der Waals surface area contributed by atoms with Crippen molar-refractivity contribution in [2.75, 3.05) is 39.6 Å². The van der Waals surface area contributed by atoms with Crippen molar-refractivity contribution in [1.82, 2.24) is 0 Å². The average molecular weight is 1350 g/mol. The third-order valence-electron chi connectivity index (χ3n) is 17.7. The number of unbranched alkanes of at least 4 members (excludes halogenated alkanes) is 40. The first-order chi connectivity index (χ1) is 44.4. The quantitative estimate of drug-likeness (QED) is 0.0222. The molecule has 0 saturated heterocycles. The van der Waals surface area contributed by atoms with Gasteiger partial charge >= 0.3 is 39.5 Å².